The van der Waals surface area contributed by atoms with E-state index < -0.39 is 0 Å². The number of rotatable bonds is 6. The highest BCUT2D eigenvalue weighted by Crippen LogP contribution is 2.37. The van der Waals surface area contributed by atoms with Crippen molar-refractivity contribution in [1.29, 1.82) is 0 Å². The molecule has 0 aromatic carbocycles. The lowest BCUT2D eigenvalue weighted by Crippen LogP contribution is -2.40. The van der Waals surface area contributed by atoms with E-state index in [-0.39, 0.29) is 5.60 Å². The zero-order valence-electron chi connectivity index (χ0n) is 11.1. The molecule has 1 fully saturated rings. The van der Waals surface area contributed by atoms with Crippen molar-refractivity contribution in [3.8, 4) is 0 Å². The van der Waals surface area contributed by atoms with Crippen molar-refractivity contribution in [3.63, 3.8) is 0 Å². The minimum absolute atomic E-state index is 0.139. The molecule has 1 nitrogen and oxygen atoms in total. The maximum absolute atomic E-state index is 6.29. The molecule has 0 bridgehead atoms. The van der Waals surface area contributed by atoms with Crippen molar-refractivity contribution in [1.82, 2.24) is 0 Å². The van der Waals surface area contributed by atoms with Gasteiger partial charge in [-0.25, -0.2) is 0 Å². The van der Waals surface area contributed by atoms with Gasteiger partial charge in [0.05, 0.1) is 12.2 Å². The predicted molar refractivity (Wildman–Crippen MR) is 74.2 cm³/mol. The second-order valence-corrected chi connectivity index (χ2v) is 6.07. The molecule has 2 heteroatoms. The highest BCUT2D eigenvalue weighted by atomic mass is 79.9. The van der Waals surface area contributed by atoms with Crippen LogP contribution < -0.4 is 0 Å². The number of ether oxygens (including phenoxy) is 1. The van der Waals surface area contributed by atoms with Crippen molar-refractivity contribution in [3.05, 3.63) is 0 Å². The standard InChI is InChI=1S/C14H27BrO/c1-4-13(5-2)10-16-14(11-15)8-6-7-12(3)9-14/h12-13H,4-11H2,1-3H3. The van der Waals surface area contributed by atoms with Crippen molar-refractivity contribution in [2.75, 3.05) is 11.9 Å². The number of hydrogen-bond acceptors (Lipinski definition) is 1. The lowest BCUT2D eigenvalue weighted by molar-refractivity contribution is -0.0769. The summed E-state index contributed by atoms with van der Waals surface area (Å²) in [5.41, 5.74) is 0.139. The minimum atomic E-state index is 0.139. The van der Waals surface area contributed by atoms with Gasteiger partial charge in [0, 0.05) is 5.33 Å². The molecule has 0 radical (unpaired) electrons. The first kappa shape index (κ1) is 14.5. The van der Waals surface area contributed by atoms with E-state index in [1.165, 1.54) is 38.5 Å². The van der Waals surface area contributed by atoms with Gasteiger partial charge in [0.1, 0.15) is 0 Å². The Hall–Kier alpha value is 0.440. The van der Waals surface area contributed by atoms with Crippen LogP contribution >= 0.6 is 15.9 Å². The van der Waals surface area contributed by atoms with Crippen molar-refractivity contribution in [2.24, 2.45) is 11.8 Å². The van der Waals surface area contributed by atoms with Crippen LogP contribution in [0.5, 0.6) is 0 Å². The third-order valence-electron chi connectivity index (χ3n) is 4.07. The molecular weight excluding hydrogens is 264 g/mol. The molecule has 16 heavy (non-hydrogen) atoms. The molecule has 0 saturated heterocycles. The first-order chi connectivity index (χ1) is 7.65. The maximum Gasteiger partial charge on any atom is 0.0781 e. The predicted octanol–water partition coefficient (Wildman–Crippen LogP) is 4.78. The SMILES string of the molecule is CCC(CC)COC1(CBr)CCCC(C)C1. The second-order valence-electron chi connectivity index (χ2n) is 5.51. The lowest BCUT2D eigenvalue weighted by Gasteiger charge is -2.39. The Bertz CT molecular complexity index is 191. The van der Waals surface area contributed by atoms with Crippen LogP contribution in [0.15, 0.2) is 0 Å². The quantitative estimate of drug-likeness (QED) is 0.640. The average molecular weight is 291 g/mol. The molecule has 2 atom stereocenters. The van der Waals surface area contributed by atoms with Crippen LogP contribution in [0.1, 0.15) is 59.3 Å². The maximum atomic E-state index is 6.29. The third-order valence-corrected chi connectivity index (χ3v) is 5.10. The summed E-state index contributed by atoms with van der Waals surface area (Å²) in [6.45, 7) is 7.84. The first-order valence-electron chi connectivity index (χ1n) is 6.85. The largest absolute Gasteiger partial charge is 0.374 e. The Morgan fingerprint density at radius 2 is 2.06 bits per heavy atom. The van der Waals surface area contributed by atoms with Crippen molar-refractivity contribution >= 4 is 15.9 Å². The van der Waals surface area contributed by atoms with Crippen LogP contribution in [0.2, 0.25) is 0 Å². The molecule has 0 aromatic heterocycles. The Morgan fingerprint density at radius 3 is 2.56 bits per heavy atom. The van der Waals surface area contributed by atoms with E-state index in [4.69, 9.17) is 4.74 Å². The molecule has 0 heterocycles. The van der Waals surface area contributed by atoms with E-state index in [1.807, 2.05) is 0 Å². The van der Waals surface area contributed by atoms with E-state index in [9.17, 15) is 0 Å². The summed E-state index contributed by atoms with van der Waals surface area (Å²) in [5, 5.41) is 1.00. The molecular formula is C14H27BrO. The van der Waals surface area contributed by atoms with E-state index in [0.717, 1.165) is 23.8 Å². The number of alkyl halides is 1. The van der Waals surface area contributed by atoms with Crippen molar-refractivity contribution in [2.45, 2.75) is 64.9 Å². The Kier molecular flexibility index (Phi) is 6.35. The Labute approximate surface area is 109 Å². The van der Waals surface area contributed by atoms with Crippen LogP contribution in [0.25, 0.3) is 0 Å². The van der Waals surface area contributed by atoms with Crippen LogP contribution in [-0.4, -0.2) is 17.5 Å². The summed E-state index contributed by atoms with van der Waals surface area (Å²) in [5.74, 6) is 1.57. The summed E-state index contributed by atoms with van der Waals surface area (Å²) in [6.07, 6.45) is 7.66. The first-order valence-corrected chi connectivity index (χ1v) is 7.97. The van der Waals surface area contributed by atoms with Crippen LogP contribution in [0.4, 0.5) is 0 Å². The average Bonchev–Trinajstić information content (AvgIpc) is 2.30. The van der Waals surface area contributed by atoms with Gasteiger partial charge >= 0.3 is 0 Å². The molecule has 0 spiro atoms. The Morgan fingerprint density at radius 1 is 1.38 bits per heavy atom. The fraction of sp³-hybridized carbons (Fsp3) is 1.00. The highest BCUT2D eigenvalue weighted by Gasteiger charge is 2.35. The van der Waals surface area contributed by atoms with Gasteiger partial charge in [-0.15, -0.1) is 0 Å². The molecule has 0 N–H and O–H groups in total. The van der Waals surface area contributed by atoms with Gasteiger partial charge in [-0.2, -0.15) is 0 Å². The van der Waals surface area contributed by atoms with Gasteiger partial charge in [0.25, 0.3) is 0 Å². The smallest absolute Gasteiger partial charge is 0.0781 e. The third kappa shape index (κ3) is 4.03. The lowest BCUT2D eigenvalue weighted by atomic mass is 9.80. The van der Waals surface area contributed by atoms with E-state index >= 15 is 0 Å². The van der Waals surface area contributed by atoms with Gasteiger partial charge in [-0.1, -0.05) is 62.4 Å². The Balaban J connectivity index is 2.46. The van der Waals surface area contributed by atoms with Gasteiger partial charge < -0.3 is 4.74 Å². The summed E-state index contributed by atoms with van der Waals surface area (Å²) in [4.78, 5) is 0. The molecule has 96 valence electrons. The van der Waals surface area contributed by atoms with E-state index in [0.29, 0.717) is 0 Å². The molecule has 1 aliphatic carbocycles. The monoisotopic (exact) mass is 290 g/mol. The fourth-order valence-electron chi connectivity index (χ4n) is 2.72. The van der Waals surface area contributed by atoms with E-state index in [1.54, 1.807) is 0 Å². The van der Waals surface area contributed by atoms with Crippen molar-refractivity contribution < 1.29 is 4.74 Å². The molecule has 2 unspecified atom stereocenters. The highest BCUT2D eigenvalue weighted by molar-refractivity contribution is 9.09. The summed E-state index contributed by atoms with van der Waals surface area (Å²) < 4.78 is 6.29. The molecule has 0 aromatic rings. The van der Waals surface area contributed by atoms with E-state index in [2.05, 4.69) is 36.7 Å². The molecule has 0 amide bonds. The fourth-order valence-corrected chi connectivity index (χ4v) is 3.39. The van der Waals surface area contributed by atoms with Gasteiger partial charge in [0.15, 0.2) is 0 Å². The van der Waals surface area contributed by atoms with Crippen LogP contribution in [-0.2, 0) is 4.74 Å². The van der Waals surface area contributed by atoms with Gasteiger partial charge in [-0.05, 0) is 24.7 Å². The zero-order chi connectivity index (χ0) is 12.0. The van der Waals surface area contributed by atoms with Crippen LogP contribution in [0.3, 0.4) is 0 Å². The molecule has 1 rings (SSSR count). The summed E-state index contributed by atoms with van der Waals surface area (Å²) >= 11 is 3.66. The number of halogens is 1. The minimum Gasteiger partial charge on any atom is -0.374 e. The van der Waals surface area contributed by atoms with Crippen LogP contribution in [0, 0.1) is 11.8 Å². The number of hydrogen-bond donors (Lipinski definition) is 0. The summed E-state index contributed by atoms with van der Waals surface area (Å²) in [7, 11) is 0. The van der Waals surface area contributed by atoms with Gasteiger partial charge in [-0.3, -0.25) is 0 Å². The normalized spacial score (nSPS) is 30.9. The second kappa shape index (κ2) is 7.00. The molecule has 1 aliphatic rings. The zero-order valence-corrected chi connectivity index (χ0v) is 12.7. The topological polar surface area (TPSA) is 9.23 Å². The van der Waals surface area contributed by atoms with Gasteiger partial charge in [0.2, 0.25) is 0 Å². The summed E-state index contributed by atoms with van der Waals surface area (Å²) in [6, 6.07) is 0. The molecule has 0 aliphatic heterocycles. The molecule has 1 saturated carbocycles.